The van der Waals surface area contributed by atoms with E-state index in [9.17, 15) is 9.59 Å². The summed E-state index contributed by atoms with van der Waals surface area (Å²) in [6.07, 6.45) is 0.383. The van der Waals surface area contributed by atoms with Crippen LogP contribution in [-0.2, 0) is 14.3 Å². The normalized spacial score (nSPS) is 32.7. The van der Waals surface area contributed by atoms with E-state index in [2.05, 4.69) is 0 Å². The number of hydrogen-bond acceptors (Lipinski definition) is 4. The van der Waals surface area contributed by atoms with Gasteiger partial charge in [-0.3, -0.25) is 4.79 Å². The topological polar surface area (TPSA) is 89.6 Å². The first-order chi connectivity index (χ1) is 5.53. The molecule has 1 fully saturated rings. The summed E-state index contributed by atoms with van der Waals surface area (Å²) in [7, 11) is 0. The van der Waals surface area contributed by atoms with Crippen LogP contribution in [0.5, 0.6) is 0 Å². The Morgan fingerprint density at radius 1 is 1.75 bits per heavy atom. The molecule has 5 heteroatoms. The van der Waals surface area contributed by atoms with Crippen molar-refractivity contribution in [3.05, 3.63) is 0 Å². The van der Waals surface area contributed by atoms with Gasteiger partial charge in [-0.1, -0.05) is 6.92 Å². The lowest BCUT2D eigenvalue weighted by Crippen LogP contribution is -2.33. The molecular formula is C7H11NO4. The predicted molar refractivity (Wildman–Crippen MR) is 39.3 cm³/mol. The maximum atomic E-state index is 10.7. The van der Waals surface area contributed by atoms with Gasteiger partial charge in [-0.15, -0.1) is 0 Å². The average molecular weight is 173 g/mol. The molecule has 12 heavy (non-hydrogen) atoms. The number of ether oxygens (including phenoxy) is 1. The fraction of sp³-hybridized carbons (Fsp3) is 0.714. The van der Waals surface area contributed by atoms with E-state index in [1.54, 1.807) is 6.92 Å². The molecule has 0 radical (unpaired) electrons. The molecule has 0 bridgehead atoms. The van der Waals surface area contributed by atoms with Gasteiger partial charge in [0.1, 0.15) is 0 Å². The van der Waals surface area contributed by atoms with Gasteiger partial charge in [0.15, 0.2) is 0 Å². The van der Waals surface area contributed by atoms with E-state index >= 15 is 0 Å². The second-order valence-electron chi connectivity index (χ2n) is 2.98. The fourth-order valence-electron chi connectivity index (χ4n) is 1.12. The molecule has 0 aromatic heterocycles. The number of nitrogens with two attached hydrogens (primary N) is 1. The Kier molecular flexibility index (Phi) is 2.06. The molecule has 2 unspecified atom stereocenters. The predicted octanol–water partition coefficient (Wildman–Crippen LogP) is -0.648. The zero-order valence-electron chi connectivity index (χ0n) is 6.74. The average Bonchev–Trinajstić information content (AvgIpc) is 2.63. The highest BCUT2D eigenvalue weighted by molar-refractivity contribution is 5.86. The van der Waals surface area contributed by atoms with Crippen LogP contribution in [-0.4, -0.2) is 29.2 Å². The molecule has 68 valence electrons. The van der Waals surface area contributed by atoms with Gasteiger partial charge in [-0.25, -0.2) is 4.79 Å². The zero-order chi connectivity index (χ0) is 9.35. The summed E-state index contributed by atoms with van der Waals surface area (Å²) in [5.41, 5.74) is 3.70. The van der Waals surface area contributed by atoms with Crippen molar-refractivity contribution in [2.75, 3.05) is 6.54 Å². The third-order valence-electron chi connectivity index (χ3n) is 2.07. The molecule has 1 aliphatic rings. The van der Waals surface area contributed by atoms with Crippen molar-refractivity contribution in [1.29, 1.82) is 0 Å². The van der Waals surface area contributed by atoms with Gasteiger partial charge in [0, 0.05) is 12.3 Å². The fourth-order valence-corrected chi connectivity index (χ4v) is 1.12. The third-order valence-corrected chi connectivity index (χ3v) is 2.07. The minimum Gasteiger partial charge on any atom is -0.478 e. The van der Waals surface area contributed by atoms with Crippen molar-refractivity contribution in [1.82, 2.24) is 0 Å². The van der Waals surface area contributed by atoms with Gasteiger partial charge in [-0.2, -0.15) is 0 Å². The van der Waals surface area contributed by atoms with Crippen molar-refractivity contribution in [3.8, 4) is 0 Å². The number of esters is 1. The van der Waals surface area contributed by atoms with Gasteiger partial charge >= 0.3 is 11.9 Å². The molecule has 0 aromatic rings. The van der Waals surface area contributed by atoms with Crippen molar-refractivity contribution in [2.24, 2.45) is 11.7 Å². The molecule has 1 saturated carbocycles. The van der Waals surface area contributed by atoms with Crippen LogP contribution in [0.15, 0.2) is 0 Å². The number of carbonyl (C=O) groups is 2. The monoisotopic (exact) mass is 173 g/mol. The van der Waals surface area contributed by atoms with Crippen molar-refractivity contribution in [3.63, 3.8) is 0 Å². The Morgan fingerprint density at radius 2 is 2.25 bits per heavy atom. The van der Waals surface area contributed by atoms with Gasteiger partial charge in [0.05, 0.1) is 6.54 Å². The van der Waals surface area contributed by atoms with Gasteiger partial charge in [-0.05, 0) is 0 Å². The number of rotatable bonds is 3. The van der Waals surface area contributed by atoms with Crippen LogP contribution in [0.3, 0.4) is 0 Å². The first kappa shape index (κ1) is 8.99. The standard InChI is InChI=1S/C7H11NO4/c1-4-2-7(4,6(10)11)12-5(9)3-8/h4H,2-3,8H2,1H3,(H,10,11). The second-order valence-corrected chi connectivity index (χ2v) is 2.98. The smallest absolute Gasteiger partial charge is 0.348 e. The van der Waals surface area contributed by atoms with Crippen molar-refractivity contribution in [2.45, 2.75) is 18.9 Å². The lowest BCUT2D eigenvalue weighted by atomic mass is 10.3. The molecule has 0 spiro atoms. The summed E-state index contributed by atoms with van der Waals surface area (Å²) >= 11 is 0. The van der Waals surface area contributed by atoms with E-state index in [4.69, 9.17) is 15.6 Å². The molecule has 0 heterocycles. The number of carboxylic acid groups (broad SMARTS) is 1. The van der Waals surface area contributed by atoms with Gasteiger partial charge in [0.2, 0.25) is 5.60 Å². The van der Waals surface area contributed by atoms with Crippen LogP contribution < -0.4 is 5.73 Å². The molecule has 2 atom stereocenters. The quantitative estimate of drug-likeness (QED) is 0.553. The molecular weight excluding hydrogens is 162 g/mol. The van der Waals surface area contributed by atoms with Gasteiger partial charge < -0.3 is 15.6 Å². The third kappa shape index (κ3) is 1.27. The summed E-state index contributed by atoms with van der Waals surface area (Å²) < 4.78 is 4.71. The van der Waals surface area contributed by atoms with Gasteiger partial charge in [0.25, 0.3) is 0 Å². The summed E-state index contributed by atoms with van der Waals surface area (Å²) in [4.78, 5) is 21.3. The van der Waals surface area contributed by atoms with E-state index in [-0.39, 0.29) is 12.5 Å². The Labute approximate surface area is 69.5 Å². The van der Waals surface area contributed by atoms with Crippen molar-refractivity contribution >= 4 is 11.9 Å². The van der Waals surface area contributed by atoms with E-state index < -0.39 is 17.5 Å². The molecule has 3 N–H and O–H groups in total. The maximum absolute atomic E-state index is 10.7. The van der Waals surface area contributed by atoms with E-state index in [0.717, 1.165) is 0 Å². The molecule has 0 aromatic carbocycles. The summed E-state index contributed by atoms with van der Waals surface area (Å²) in [6.45, 7) is 1.44. The van der Waals surface area contributed by atoms with Crippen LogP contribution in [0.4, 0.5) is 0 Å². The summed E-state index contributed by atoms with van der Waals surface area (Å²) in [6, 6.07) is 0. The Balaban J connectivity index is 2.60. The highest BCUT2D eigenvalue weighted by Crippen LogP contribution is 2.46. The van der Waals surface area contributed by atoms with E-state index in [1.165, 1.54) is 0 Å². The van der Waals surface area contributed by atoms with Crippen LogP contribution in [0.25, 0.3) is 0 Å². The van der Waals surface area contributed by atoms with Crippen LogP contribution in [0.2, 0.25) is 0 Å². The van der Waals surface area contributed by atoms with E-state index in [1.807, 2.05) is 0 Å². The first-order valence-corrected chi connectivity index (χ1v) is 3.68. The SMILES string of the molecule is CC1CC1(OC(=O)CN)C(=O)O. The number of hydrogen-bond donors (Lipinski definition) is 2. The minimum absolute atomic E-state index is 0.106. The second kappa shape index (κ2) is 2.75. The minimum atomic E-state index is -1.28. The lowest BCUT2D eigenvalue weighted by molar-refractivity contribution is -0.167. The zero-order valence-corrected chi connectivity index (χ0v) is 6.74. The van der Waals surface area contributed by atoms with Crippen LogP contribution in [0.1, 0.15) is 13.3 Å². The number of aliphatic carboxylic acids is 1. The molecule has 0 aliphatic heterocycles. The maximum Gasteiger partial charge on any atom is 0.348 e. The number of carboxylic acids is 1. The Morgan fingerprint density at radius 3 is 2.50 bits per heavy atom. The van der Waals surface area contributed by atoms with E-state index in [0.29, 0.717) is 6.42 Å². The molecule has 0 amide bonds. The Hall–Kier alpha value is -1.10. The highest BCUT2D eigenvalue weighted by atomic mass is 16.6. The summed E-state index contributed by atoms with van der Waals surface area (Å²) in [5, 5.41) is 8.70. The highest BCUT2D eigenvalue weighted by Gasteiger charge is 2.61. The molecule has 1 aliphatic carbocycles. The molecule has 5 nitrogen and oxygen atoms in total. The van der Waals surface area contributed by atoms with Crippen LogP contribution >= 0.6 is 0 Å². The summed E-state index contributed by atoms with van der Waals surface area (Å²) in [5.74, 6) is -1.86. The first-order valence-electron chi connectivity index (χ1n) is 3.68. The largest absolute Gasteiger partial charge is 0.478 e. The number of carbonyl (C=O) groups excluding carboxylic acids is 1. The van der Waals surface area contributed by atoms with Crippen molar-refractivity contribution < 1.29 is 19.4 Å². The molecule has 0 saturated heterocycles. The van der Waals surface area contributed by atoms with Crippen LogP contribution in [0, 0.1) is 5.92 Å². The lowest BCUT2D eigenvalue weighted by Gasteiger charge is -2.11. The molecule has 1 rings (SSSR count). The Bertz CT molecular complexity index is 227.